The van der Waals surface area contributed by atoms with Gasteiger partial charge in [0.05, 0.1) is 22.9 Å². The minimum Gasteiger partial charge on any atom is -0.410 e. The van der Waals surface area contributed by atoms with Crippen LogP contribution in [-0.4, -0.2) is 39.0 Å². The second-order valence-electron chi connectivity index (χ2n) is 9.19. The number of nitrogens with zero attached hydrogens (tertiary/aromatic N) is 8. The SMILES string of the molecule is Cc1cc(-n2[c-]nc3ncccc32)nc(C(C)(C)c2cc(C)cc(-n3[c-]nc4ncccc43)n2)c1.[Pt+2]. The van der Waals surface area contributed by atoms with Crippen molar-refractivity contribution >= 4 is 22.3 Å². The summed E-state index contributed by atoms with van der Waals surface area (Å²) in [7, 11) is 0. The van der Waals surface area contributed by atoms with Gasteiger partial charge in [-0.05, 0) is 50.9 Å². The Morgan fingerprint density at radius 2 is 1.14 bits per heavy atom. The maximum absolute atomic E-state index is 5.03. The van der Waals surface area contributed by atoms with Crippen LogP contribution in [0.5, 0.6) is 0 Å². The Hall–Kier alpha value is -3.77. The molecule has 0 aliphatic carbocycles. The topological polar surface area (TPSA) is 87.2 Å². The molecule has 6 aromatic rings. The van der Waals surface area contributed by atoms with Gasteiger partial charge in [0.1, 0.15) is 0 Å². The van der Waals surface area contributed by atoms with Gasteiger partial charge >= 0.3 is 21.1 Å². The molecule has 9 heteroatoms. The Labute approximate surface area is 222 Å². The number of hydrogen-bond donors (Lipinski definition) is 0. The molecule has 8 nitrogen and oxygen atoms in total. The first kappa shape index (κ1) is 23.9. The summed E-state index contributed by atoms with van der Waals surface area (Å²) in [5, 5.41) is 0. The van der Waals surface area contributed by atoms with Crippen LogP contribution in [0, 0.1) is 26.5 Å². The molecule has 0 aliphatic rings. The first-order valence-electron chi connectivity index (χ1n) is 11.3. The van der Waals surface area contributed by atoms with Crippen LogP contribution in [0.2, 0.25) is 0 Å². The maximum Gasteiger partial charge on any atom is 2.00 e. The third kappa shape index (κ3) is 4.01. The molecule has 0 saturated heterocycles. The Bertz CT molecular complexity index is 1590. The van der Waals surface area contributed by atoms with Crippen LogP contribution < -0.4 is 0 Å². The molecule has 0 bridgehead atoms. The molecule has 36 heavy (non-hydrogen) atoms. The molecule has 0 spiro atoms. The summed E-state index contributed by atoms with van der Waals surface area (Å²) in [6.07, 6.45) is 9.52. The van der Waals surface area contributed by atoms with Gasteiger partial charge in [0.25, 0.3) is 0 Å². The molecule has 0 aliphatic heterocycles. The largest absolute Gasteiger partial charge is 2.00 e. The predicted octanol–water partition coefficient (Wildman–Crippen LogP) is 4.49. The summed E-state index contributed by atoms with van der Waals surface area (Å²) < 4.78 is 3.70. The molecular weight excluding hydrogens is 631 g/mol. The zero-order chi connectivity index (χ0) is 24.2. The van der Waals surface area contributed by atoms with Gasteiger partial charge in [0, 0.05) is 41.9 Å². The number of rotatable bonds is 4. The van der Waals surface area contributed by atoms with Crippen molar-refractivity contribution in [3.63, 3.8) is 0 Å². The van der Waals surface area contributed by atoms with Crippen LogP contribution in [0.1, 0.15) is 36.4 Å². The van der Waals surface area contributed by atoms with Crippen molar-refractivity contribution in [2.24, 2.45) is 0 Å². The van der Waals surface area contributed by atoms with Gasteiger partial charge in [-0.25, -0.2) is 0 Å². The third-order valence-electron chi connectivity index (χ3n) is 6.18. The summed E-state index contributed by atoms with van der Waals surface area (Å²) in [6.45, 7) is 8.41. The average molecular weight is 654 g/mol. The fourth-order valence-corrected chi connectivity index (χ4v) is 4.25. The van der Waals surface area contributed by atoms with Crippen LogP contribution >= 0.6 is 0 Å². The van der Waals surface area contributed by atoms with Crippen LogP contribution in [0.4, 0.5) is 0 Å². The van der Waals surface area contributed by atoms with Crippen LogP contribution in [0.25, 0.3) is 34.0 Å². The van der Waals surface area contributed by atoms with E-state index in [0.29, 0.717) is 11.3 Å². The average Bonchev–Trinajstić information content (AvgIpc) is 3.48. The van der Waals surface area contributed by atoms with E-state index in [1.807, 2.05) is 45.5 Å². The Balaban J connectivity index is 0.00000267. The number of aromatic nitrogens is 8. The van der Waals surface area contributed by atoms with Crippen LogP contribution in [0.3, 0.4) is 0 Å². The molecule has 6 heterocycles. The third-order valence-corrected chi connectivity index (χ3v) is 6.18. The van der Waals surface area contributed by atoms with E-state index in [2.05, 4.69) is 72.4 Å². The molecule has 0 radical (unpaired) electrons. The fourth-order valence-electron chi connectivity index (χ4n) is 4.25. The number of hydrogen-bond acceptors (Lipinski definition) is 6. The summed E-state index contributed by atoms with van der Waals surface area (Å²) in [5.74, 6) is 1.49. The molecule has 0 N–H and O–H groups in total. The predicted molar refractivity (Wildman–Crippen MR) is 133 cm³/mol. The first-order chi connectivity index (χ1) is 16.9. The van der Waals surface area contributed by atoms with Gasteiger partial charge in [0.15, 0.2) is 0 Å². The number of fused-ring (bicyclic) bond motifs is 2. The molecule has 0 fully saturated rings. The van der Waals surface area contributed by atoms with Gasteiger partial charge < -0.3 is 19.1 Å². The first-order valence-corrected chi connectivity index (χ1v) is 11.3. The Morgan fingerprint density at radius 1 is 0.694 bits per heavy atom. The summed E-state index contributed by atoms with van der Waals surface area (Å²) in [4.78, 5) is 27.3. The summed E-state index contributed by atoms with van der Waals surface area (Å²) in [6, 6.07) is 16.0. The van der Waals surface area contributed by atoms with Crippen molar-refractivity contribution < 1.29 is 21.1 Å². The van der Waals surface area contributed by atoms with Crippen molar-refractivity contribution in [3.8, 4) is 11.6 Å². The van der Waals surface area contributed by atoms with E-state index in [0.717, 1.165) is 45.2 Å². The van der Waals surface area contributed by atoms with Crippen molar-refractivity contribution in [1.29, 1.82) is 0 Å². The monoisotopic (exact) mass is 653 g/mol. The molecule has 0 aromatic carbocycles. The zero-order valence-corrected chi connectivity index (χ0v) is 22.4. The minimum absolute atomic E-state index is 0. The van der Waals surface area contributed by atoms with Gasteiger partial charge in [-0.15, -0.1) is 0 Å². The summed E-state index contributed by atoms with van der Waals surface area (Å²) in [5.41, 5.74) is 6.50. The Morgan fingerprint density at radius 3 is 1.58 bits per heavy atom. The van der Waals surface area contributed by atoms with E-state index in [1.165, 1.54) is 0 Å². The molecule has 6 aromatic heterocycles. The molecule has 0 saturated carbocycles. The normalized spacial score (nSPS) is 11.7. The number of pyridine rings is 4. The van der Waals surface area contributed by atoms with E-state index >= 15 is 0 Å². The van der Waals surface area contributed by atoms with Gasteiger partial charge in [-0.1, -0.05) is 47.5 Å². The second kappa shape index (κ2) is 9.03. The molecule has 180 valence electrons. The number of imidazole rings is 2. The van der Waals surface area contributed by atoms with Crippen LogP contribution in [0.15, 0.2) is 60.9 Å². The molecular formula is C27H22N8Pt. The van der Waals surface area contributed by atoms with Crippen molar-refractivity contribution in [3.05, 3.63) is 96.1 Å². The maximum atomic E-state index is 5.03. The van der Waals surface area contributed by atoms with Crippen molar-refractivity contribution in [2.75, 3.05) is 0 Å². The van der Waals surface area contributed by atoms with E-state index in [9.17, 15) is 0 Å². The second-order valence-corrected chi connectivity index (χ2v) is 9.19. The van der Waals surface area contributed by atoms with Crippen molar-refractivity contribution in [1.82, 2.24) is 39.0 Å². The van der Waals surface area contributed by atoms with E-state index in [1.54, 1.807) is 12.4 Å². The van der Waals surface area contributed by atoms with Crippen LogP contribution in [-0.2, 0) is 26.5 Å². The van der Waals surface area contributed by atoms with Gasteiger partial charge in [-0.3, -0.25) is 19.9 Å². The minimum atomic E-state index is -0.481. The number of aryl methyl sites for hydroxylation is 2. The van der Waals surface area contributed by atoms with E-state index in [-0.39, 0.29) is 21.1 Å². The molecule has 0 amide bonds. The molecule has 0 atom stereocenters. The summed E-state index contributed by atoms with van der Waals surface area (Å²) >= 11 is 0. The van der Waals surface area contributed by atoms with Gasteiger partial charge in [-0.2, -0.15) is 0 Å². The zero-order valence-electron chi connectivity index (χ0n) is 20.2. The van der Waals surface area contributed by atoms with E-state index in [4.69, 9.17) is 9.97 Å². The fraction of sp³-hybridized carbons (Fsp3) is 0.185. The van der Waals surface area contributed by atoms with E-state index < -0.39 is 5.41 Å². The van der Waals surface area contributed by atoms with Crippen molar-refractivity contribution in [2.45, 2.75) is 33.1 Å². The quantitative estimate of drug-likeness (QED) is 0.261. The standard InChI is InChI=1S/C27H22N8.Pt/c1-17-11-21(32-23(13-17)34-15-30-25-19(34)7-5-9-28-25)27(3,4)22-12-18(2)14-24(33-22)35-16-31-26-20(35)8-6-10-29-26;/h5-14H,1-4H3;/q-2;+2. The Kier molecular flexibility index (Phi) is 6.00. The van der Waals surface area contributed by atoms with Gasteiger partial charge in [0.2, 0.25) is 0 Å². The smallest absolute Gasteiger partial charge is 0.410 e. The molecule has 6 rings (SSSR count). The molecule has 0 unspecified atom stereocenters.